The molecule has 2 unspecified atom stereocenters. The van der Waals surface area contributed by atoms with Crippen LogP contribution < -0.4 is 10.6 Å². The Morgan fingerprint density at radius 1 is 1.00 bits per heavy atom. The van der Waals surface area contributed by atoms with E-state index in [-0.39, 0.29) is 49.0 Å². The van der Waals surface area contributed by atoms with Gasteiger partial charge < -0.3 is 20.0 Å². The van der Waals surface area contributed by atoms with Crippen molar-refractivity contribution in [3.8, 4) is 0 Å². The van der Waals surface area contributed by atoms with E-state index in [0.29, 0.717) is 13.1 Å². The predicted molar refractivity (Wildman–Crippen MR) is 155 cm³/mol. The Hall–Kier alpha value is -2.51. The van der Waals surface area contributed by atoms with Gasteiger partial charge in [-0.1, -0.05) is 20.8 Å². The average molecular weight is 585 g/mol. The molecule has 12 nitrogen and oxygen atoms in total. The van der Waals surface area contributed by atoms with E-state index in [0.717, 1.165) is 16.7 Å². The van der Waals surface area contributed by atoms with Crippen LogP contribution in [0.15, 0.2) is 0 Å². The second kappa shape index (κ2) is 14.9. The second-order valence-electron chi connectivity index (χ2n) is 12.5. The molecule has 0 spiro atoms. The van der Waals surface area contributed by atoms with E-state index in [4.69, 9.17) is 0 Å². The van der Waals surface area contributed by atoms with Crippen molar-refractivity contribution < 1.29 is 28.8 Å². The van der Waals surface area contributed by atoms with Crippen LogP contribution in [0.4, 0.5) is 0 Å². The van der Waals surface area contributed by atoms with E-state index in [1.54, 1.807) is 27.8 Å². The van der Waals surface area contributed by atoms with Gasteiger partial charge in [-0.15, -0.1) is 11.8 Å². The summed E-state index contributed by atoms with van der Waals surface area (Å²) < 4.78 is 0. The topological polar surface area (TPSA) is 139 Å². The number of imide groups is 1. The number of carbonyl (C=O) groups excluding carboxylic acids is 6. The minimum Gasteiger partial charge on any atom is -0.343 e. The Balaban J connectivity index is 2.83. The molecule has 1 aliphatic rings. The largest absolute Gasteiger partial charge is 0.343 e. The molecule has 1 rings (SSSR count). The first kappa shape index (κ1) is 35.5. The van der Waals surface area contributed by atoms with Gasteiger partial charge in [0.25, 0.3) is 0 Å². The van der Waals surface area contributed by atoms with Gasteiger partial charge in [0.1, 0.15) is 18.4 Å². The molecule has 13 heteroatoms. The fourth-order valence-corrected chi connectivity index (χ4v) is 4.67. The van der Waals surface area contributed by atoms with Gasteiger partial charge in [-0.25, -0.2) is 0 Å². The summed E-state index contributed by atoms with van der Waals surface area (Å²) in [5.41, 5.74) is -0.895. The molecule has 40 heavy (non-hydrogen) atoms. The minimum atomic E-state index is -0.991. The van der Waals surface area contributed by atoms with Gasteiger partial charge in [0.15, 0.2) is 0 Å². The molecule has 1 fully saturated rings. The summed E-state index contributed by atoms with van der Waals surface area (Å²) in [5, 5.41) is 4.91. The third-order valence-electron chi connectivity index (χ3n) is 6.44. The van der Waals surface area contributed by atoms with E-state index < -0.39 is 40.3 Å². The van der Waals surface area contributed by atoms with Crippen molar-refractivity contribution in [2.45, 2.75) is 71.2 Å². The number of amides is 5. The summed E-state index contributed by atoms with van der Waals surface area (Å²) in [6, 6.07) is -0.991. The summed E-state index contributed by atoms with van der Waals surface area (Å²) in [5.74, 6) is -2.56. The summed E-state index contributed by atoms with van der Waals surface area (Å²) in [7, 11) is 6.89. The van der Waals surface area contributed by atoms with Crippen LogP contribution in [0.3, 0.4) is 0 Å². The summed E-state index contributed by atoms with van der Waals surface area (Å²) in [6.07, 6.45) is -0.249. The van der Waals surface area contributed by atoms with Crippen molar-refractivity contribution in [1.29, 1.82) is 0 Å². The van der Waals surface area contributed by atoms with Gasteiger partial charge in [-0.2, -0.15) is 0 Å². The van der Waals surface area contributed by atoms with E-state index in [9.17, 15) is 28.8 Å². The van der Waals surface area contributed by atoms with Gasteiger partial charge in [0.05, 0.1) is 17.7 Å². The molecular formula is C27H48N6O6S. The predicted octanol–water partition coefficient (Wildman–Crippen LogP) is 0.161. The van der Waals surface area contributed by atoms with Crippen LogP contribution in [0.25, 0.3) is 0 Å². The molecule has 1 heterocycles. The number of ketones is 1. The Morgan fingerprint density at radius 2 is 1.60 bits per heavy atom. The highest BCUT2D eigenvalue weighted by Gasteiger charge is 2.41. The third kappa shape index (κ3) is 11.5. The molecular weight excluding hydrogens is 536 g/mol. The van der Waals surface area contributed by atoms with E-state index >= 15 is 0 Å². The second-order valence-corrected chi connectivity index (χ2v) is 13.7. The van der Waals surface area contributed by atoms with E-state index in [1.165, 1.54) is 16.8 Å². The molecule has 2 N–H and O–H groups in total. The van der Waals surface area contributed by atoms with Gasteiger partial charge >= 0.3 is 0 Å². The maximum atomic E-state index is 13.3. The summed E-state index contributed by atoms with van der Waals surface area (Å²) >= 11 is 0.997. The fraction of sp³-hybridized carbons (Fsp3) is 0.778. The normalized spacial score (nSPS) is 16.8. The van der Waals surface area contributed by atoms with Gasteiger partial charge in [-0.3, -0.25) is 39.0 Å². The van der Waals surface area contributed by atoms with Crippen LogP contribution in [0.5, 0.6) is 0 Å². The number of nitrogens with zero attached hydrogens (tertiary/aromatic N) is 4. The van der Waals surface area contributed by atoms with Crippen LogP contribution in [0, 0.1) is 5.41 Å². The number of hydrogen-bond donors (Lipinski definition) is 2. The van der Waals surface area contributed by atoms with Crippen LogP contribution in [-0.4, -0.2) is 132 Å². The Morgan fingerprint density at radius 3 is 2.12 bits per heavy atom. The van der Waals surface area contributed by atoms with Crippen LogP contribution >= 0.6 is 11.8 Å². The molecule has 0 aromatic heterocycles. The number of nitrogens with one attached hydrogen (secondary N) is 2. The third-order valence-corrected chi connectivity index (χ3v) is 7.62. The maximum Gasteiger partial charge on any atom is 0.245 e. The van der Waals surface area contributed by atoms with Gasteiger partial charge in [0, 0.05) is 51.0 Å². The van der Waals surface area contributed by atoms with Gasteiger partial charge in [0.2, 0.25) is 29.5 Å². The fourth-order valence-electron chi connectivity index (χ4n) is 3.59. The van der Waals surface area contributed by atoms with E-state index in [2.05, 4.69) is 10.6 Å². The van der Waals surface area contributed by atoms with E-state index in [1.807, 2.05) is 39.8 Å². The van der Waals surface area contributed by atoms with Crippen molar-refractivity contribution >= 4 is 47.1 Å². The molecule has 0 radical (unpaired) electrons. The number of likely N-dealkylation sites (N-methyl/N-ethyl adjacent to an activating group) is 3. The van der Waals surface area contributed by atoms with Crippen LogP contribution in [0.2, 0.25) is 0 Å². The lowest BCUT2D eigenvalue weighted by molar-refractivity contribution is -0.145. The van der Waals surface area contributed by atoms with Crippen molar-refractivity contribution in [3.63, 3.8) is 0 Å². The quantitative estimate of drug-likeness (QED) is 0.216. The number of likely N-dealkylation sites (tertiary alicyclic amines) is 1. The molecule has 5 amide bonds. The Kier molecular flexibility index (Phi) is 13.3. The molecule has 0 aliphatic carbocycles. The van der Waals surface area contributed by atoms with Crippen molar-refractivity contribution in [2.75, 3.05) is 60.2 Å². The highest BCUT2D eigenvalue weighted by atomic mass is 32.2. The minimum absolute atomic E-state index is 0.119. The lowest BCUT2D eigenvalue weighted by Crippen LogP contribution is -2.51. The zero-order valence-corrected chi connectivity index (χ0v) is 26.6. The van der Waals surface area contributed by atoms with Crippen molar-refractivity contribution in [1.82, 2.24) is 30.2 Å². The zero-order valence-electron chi connectivity index (χ0n) is 25.8. The van der Waals surface area contributed by atoms with Crippen LogP contribution in [0.1, 0.15) is 54.4 Å². The first-order valence-electron chi connectivity index (χ1n) is 13.4. The Bertz CT molecular complexity index is 958. The number of hydrogen-bond acceptors (Lipinski definition) is 9. The maximum absolute atomic E-state index is 13.3. The molecule has 0 bridgehead atoms. The molecule has 0 aromatic carbocycles. The summed E-state index contributed by atoms with van der Waals surface area (Å²) in [4.78, 5) is 82.4. The van der Waals surface area contributed by atoms with Crippen molar-refractivity contribution in [3.05, 3.63) is 0 Å². The standard InChI is InChI=1S/C27H48N6O6S/c1-26(2,3)20(34)13-18(24(38)31(9)12-11-30(7)8)32(10)23(37)16-40-19-14-22(36)33(25(19)39)15-21(35)28-17-29-27(4,5)6/h18-19,29H,11-17H2,1-10H3,(H,28,35). The SMILES string of the molecule is CN(C)CCN(C)C(=O)C(CC(=O)C(C)(C)C)N(C)C(=O)CSC1CC(=O)N(CC(=O)NCNC(C)(C)C)C1=O. The molecule has 228 valence electrons. The number of thioether (sulfide) groups is 1. The highest BCUT2D eigenvalue weighted by Crippen LogP contribution is 2.26. The van der Waals surface area contributed by atoms with Crippen molar-refractivity contribution in [2.24, 2.45) is 5.41 Å². The molecule has 1 saturated heterocycles. The van der Waals surface area contributed by atoms with Gasteiger partial charge in [-0.05, 0) is 34.9 Å². The first-order chi connectivity index (χ1) is 18.2. The summed E-state index contributed by atoms with van der Waals surface area (Å²) in [6.45, 7) is 12.0. The number of carbonyl (C=O) groups is 6. The molecule has 2 atom stereocenters. The molecule has 0 saturated carbocycles. The monoisotopic (exact) mass is 584 g/mol. The number of rotatable bonds is 14. The zero-order chi connectivity index (χ0) is 31.0. The van der Waals surface area contributed by atoms with Crippen LogP contribution in [-0.2, 0) is 28.8 Å². The average Bonchev–Trinajstić information content (AvgIpc) is 3.09. The smallest absolute Gasteiger partial charge is 0.245 e. The number of Topliss-reactive ketones (excluding diaryl/α,β-unsaturated/α-hetero) is 1. The highest BCUT2D eigenvalue weighted by molar-refractivity contribution is 8.01. The molecule has 0 aromatic rings. The Labute approximate surface area is 242 Å². The molecule has 1 aliphatic heterocycles. The lowest BCUT2D eigenvalue weighted by atomic mass is 9.86. The first-order valence-corrected chi connectivity index (χ1v) is 14.5. The lowest BCUT2D eigenvalue weighted by Gasteiger charge is -2.32.